The van der Waals surface area contributed by atoms with E-state index in [1.807, 2.05) is 32.1 Å². The van der Waals surface area contributed by atoms with Crippen LogP contribution in [0, 0.1) is 0 Å². The standard InChI is InChI=1S/C25H28O4/c1-5-8-20-17-21(24(27-4)18-25(20)29-16-7-3)11-14-23(26)19-9-12-22(13-10-19)28-15-6-2/h6-7,9-18H,5,8H2,1-4H3/b14-11+,15-6+,16-7+. The lowest BCUT2D eigenvalue weighted by atomic mass is 10.0. The van der Waals surface area contributed by atoms with Gasteiger partial charge in [-0.25, -0.2) is 0 Å². The van der Waals surface area contributed by atoms with Gasteiger partial charge in [0.25, 0.3) is 0 Å². The smallest absolute Gasteiger partial charge is 0.185 e. The van der Waals surface area contributed by atoms with E-state index in [4.69, 9.17) is 14.2 Å². The molecule has 29 heavy (non-hydrogen) atoms. The van der Waals surface area contributed by atoms with Gasteiger partial charge >= 0.3 is 0 Å². The first-order valence-corrected chi connectivity index (χ1v) is 9.71. The summed E-state index contributed by atoms with van der Waals surface area (Å²) in [5, 5.41) is 0. The van der Waals surface area contributed by atoms with Crippen molar-refractivity contribution in [3.63, 3.8) is 0 Å². The monoisotopic (exact) mass is 392 g/mol. The van der Waals surface area contributed by atoms with Crippen molar-refractivity contribution in [2.45, 2.75) is 33.6 Å². The van der Waals surface area contributed by atoms with Gasteiger partial charge in [0.1, 0.15) is 17.2 Å². The Morgan fingerprint density at radius 2 is 1.66 bits per heavy atom. The van der Waals surface area contributed by atoms with E-state index in [0.29, 0.717) is 17.1 Å². The highest BCUT2D eigenvalue weighted by molar-refractivity contribution is 6.07. The summed E-state index contributed by atoms with van der Waals surface area (Å²) < 4.78 is 16.6. The molecule has 0 heterocycles. The fourth-order valence-corrected chi connectivity index (χ4v) is 2.75. The molecule has 2 aromatic carbocycles. The minimum atomic E-state index is -0.0871. The van der Waals surface area contributed by atoms with Crippen LogP contribution in [0.3, 0.4) is 0 Å². The first-order chi connectivity index (χ1) is 14.1. The maximum atomic E-state index is 12.5. The fourth-order valence-electron chi connectivity index (χ4n) is 2.75. The van der Waals surface area contributed by atoms with Crippen molar-refractivity contribution in [3.8, 4) is 17.2 Å². The summed E-state index contributed by atoms with van der Waals surface area (Å²) in [6.07, 6.45) is 12.1. The van der Waals surface area contributed by atoms with Gasteiger partial charge in [-0.05, 0) is 68.3 Å². The number of allylic oxidation sites excluding steroid dienone is 3. The van der Waals surface area contributed by atoms with Gasteiger partial charge in [-0.3, -0.25) is 4.79 Å². The molecule has 0 spiro atoms. The average Bonchev–Trinajstić information content (AvgIpc) is 2.75. The van der Waals surface area contributed by atoms with Gasteiger partial charge in [-0.2, -0.15) is 0 Å². The zero-order valence-corrected chi connectivity index (χ0v) is 17.5. The zero-order valence-electron chi connectivity index (χ0n) is 17.5. The normalized spacial score (nSPS) is 11.4. The van der Waals surface area contributed by atoms with Crippen molar-refractivity contribution in [2.75, 3.05) is 7.11 Å². The molecule has 2 aromatic rings. The van der Waals surface area contributed by atoms with Crippen LogP contribution in [0.2, 0.25) is 0 Å². The minimum absolute atomic E-state index is 0.0871. The van der Waals surface area contributed by atoms with Gasteiger partial charge in [0.05, 0.1) is 19.6 Å². The molecule has 0 atom stereocenters. The lowest BCUT2D eigenvalue weighted by Gasteiger charge is -2.13. The summed E-state index contributed by atoms with van der Waals surface area (Å²) in [6, 6.07) is 10.9. The van der Waals surface area contributed by atoms with Crippen molar-refractivity contribution in [1.82, 2.24) is 0 Å². The highest BCUT2D eigenvalue weighted by atomic mass is 16.5. The Balaban J connectivity index is 2.25. The Hall–Kier alpha value is -3.27. The molecule has 0 saturated heterocycles. The summed E-state index contributed by atoms with van der Waals surface area (Å²) in [4.78, 5) is 12.5. The van der Waals surface area contributed by atoms with Gasteiger partial charge in [0, 0.05) is 17.2 Å². The highest BCUT2D eigenvalue weighted by Crippen LogP contribution is 2.31. The van der Waals surface area contributed by atoms with E-state index < -0.39 is 0 Å². The third-order valence-electron chi connectivity index (χ3n) is 4.16. The van der Waals surface area contributed by atoms with E-state index in [9.17, 15) is 4.79 Å². The van der Waals surface area contributed by atoms with Crippen LogP contribution in [0.25, 0.3) is 6.08 Å². The molecule has 0 unspecified atom stereocenters. The molecule has 0 N–H and O–H groups in total. The third-order valence-corrected chi connectivity index (χ3v) is 4.16. The molecular formula is C25H28O4. The van der Waals surface area contributed by atoms with E-state index in [2.05, 4.69) is 6.92 Å². The molecule has 152 valence electrons. The van der Waals surface area contributed by atoms with Crippen molar-refractivity contribution in [3.05, 3.63) is 83.8 Å². The van der Waals surface area contributed by atoms with E-state index in [1.165, 1.54) is 0 Å². The number of aryl methyl sites for hydroxylation is 1. The summed E-state index contributed by atoms with van der Waals surface area (Å²) in [7, 11) is 1.61. The maximum Gasteiger partial charge on any atom is 0.185 e. The number of carbonyl (C=O) groups excluding carboxylic acids is 1. The Morgan fingerprint density at radius 1 is 0.966 bits per heavy atom. The number of hydrogen-bond acceptors (Lipinski definition) is 4. The second-order valence-electron chi connectivity index (χ2n) is 6.35. The van der Waals surface area contributed by atoms with Crippen molar-refractivity contribution >= 4 is 11.9 Å². The van der Waals surface area contributed by atoms with E-state index >= 15 is 0 Å². The molecule has 0 aliphatic rings. The molecule has 0 aliphatic heterocycles. The molecule has 0 aromatic heterocycles. The third kappa shape index (κ3) is 6.39. The molecule has 4 nitrogen and oxygen atoms in total. The Labute approximate surface area is 173 Å². The largest absolute Gasteiger partial charge is 0.496 e. The van der Waals surface area contributed by atoms with Crippen molar-refractivity contribution < 1.29 is 19.0 Å². The number of benzene rings is 2. The van der Waals surface area contributed by atoms with Crippen LogP contribution < -0.4 is 14.2 Å². The number of hydrogen-bond donors (Lipinski definition) is 0. The molecule has 4 heteroatoms. The predicted molar refractivity (Wildman–Crippen MR) is 118 cm³/mol. The number of ether oxygens (including phenoxy) is 3. The highest BCUT2D eigenvalue weighted by Gasteiger charge is 2.10. The molecule has 0 bridgehead atoms. The second kappa shape index (κ2) is 11.5. The van der Waals surface area contributed by atoms with E-state index in [0.717, 1.165) is 29.7 Å². The quantitative estimate of drug-likeness (QED) is 0.268. The Morgan fingerprint density at radius 3 is 2.28 bits per heavy atom. The van der Waals surface area contributed by atoms with E-state index in [-0.39, 0.29) is 5.78 Å². The summed E-state index contributed by atoms with van der Waals surface area (Å²) in [6.45, 7) is 5.90. The maximum absolute atomic E-state index is 12.5. The van der Waals surface area contributed by atoms with Crippen molar-refractivity contribution in [2.24, 2.45) is 0 Å². The molecule has 0 saturated carbocycles. The van der Waals surface area contributed by atoms with Gasteiger partial charge < -0.3 is 14.2 Å². The lowest BCUT2D eigenvalue weighted by molar-refractivity contribution is 0.104. The minimum Gasteiger partial charge on any atom is -0.496 e. The Bertz CT molecular complexity index is 890. The SMILES string of the molecule is C/C=C/Oc1ccc(C(=O)/C=C/c2cc(CCC)c(O/C=C/C)cc2OC)cc1. The van der Waals surface area contributed by atoms with Crippen molar-refractivity contribution in [1.29, 1.82) is 0 Å². The zero-order chi connectivity index (χ0) is 21.1. The molecule has 0 aliphatic carbocycles. The summed E-state index contributed by atoms with van der Waals surface area (Å²) in [5.41, 5.74) is 2.50. The fraction of sp³-hybridized carbons (Fsp3) is 0.240. The van der Waals surface area contributed by atoms with Gasteiger partial charge in [-0.15, -0.1) is 0 Å². The van der Waals surface area contributed by atoms with Crippen LogP contribution in [0.1, 0.15) is 48.7 Å². The lowest BCUT2D eigenvalue weighted by Crippen LogP contribution is -1.97. The van der Waals surface area contributed by atoms with E-state index in [1.54, 1.807) is 62.1 Å². The predicted octanol–water partition coefficient (Wildman–Crippen LogP) is 6.37. The van der Waals surface area contributed by atoms with Gasteiger partial charge in [0.15, 0.2) is 5.78 Å². The molecule has 2 rings (SSSR count). The first-order valence-electron chi connectivity index (χ1n) is 9.71. The summed E-state index contributed by atoms with van der Waals surface area (Å²) >= 11 is 0. The average molecular weight is 392 g/mol. The summed E-state index contributed by atoms with van der Waals surface area (Å²) in [5.74, 6) is 2.02. The molecule has 0 fully saturated rings. The Kier molecular flexibility index (Phi) is 8.77. The van der Waals surface area contributed by atoms with Crippen LogP contribution in [0.5, 0.6) is 17.2 Å². The number of methoxy groups -OCH3 is 1. The topological polar surface area (TPSA) is 44.8 Å². The van der Waals surface area contributed by atoms with Crippen LogP contribution in [0.4, 0.5) is 0 Å². The van der Waals surface area contributed by atoms with Gasteiger partial charge in [-0.1, -0.05) is 25.5 Å². The number of rotatable bonds is 10. The van der Waals surface area contributed by atoms with Crippen LogP contribution in [0.15, 0.2) is 67.2 Å². The van der Waals surface area contributed by atoms with Crippen LogP contribution in [-0.4, -0.2) is 12.9 Å². The molecular weight excluding hydrogens is 364 g/mol. The second-order valence-corrected chi connectivity index (χ2v) is 6.35. The molecule has 0 radical (unpaired) electrons. The number of ketones is 1. The van der Waals surface area contributed by atoms with Gasteiger partial charge in [0.2, 0.25) is 0 Å². The first kappa shape index (κ1) is 22.0. The number of carbonyl (C=O) groups is 1. The van der Waals surface area contributed by atoms with Crippen LogP contribution >= 0.6 is 0 Å². The van der Waals surface area contributed by atoms with Crippen LogP contribution in [-0.2, 0) is 6.42 Å². The molecule has 0 amide bonds.